The number of hydrogen-bond donors (Lipinski definition) is 2. The van der Waals surface area contributed by atoms with Gasteiger partial charge in [-0.05, 0) is 38.6 Å². The predicted octanol–water partition coefficient (Wildman–Crippen LogP) is 2.42. The van der Waals surface area contributed by atoms with Gasteiger partial charge >= 0.3 is 5.97 Å². The maximum absolute atomic E-state index is 11.2. The first-order valence-electron chi connectivity index (χ1n) is 7.08. The molecule has 1 saturated carbocycles. The van der Waals surface area contributed by atoms with Gasteiger partial charge in [0.05, 0.1) is 6.10 Å². The zero-order valence-corrected chi connectivity index (χ0v) is 11.9. The standard InChI is InChI=1S/C14H27NO3/c1-4-15-14(3,13(16)17)8-9-18-12-7-5-6-11(2)10-12/h11-12,15H,4-10H2,1-3H3,(H,16,17). The van der Waals surface area contributed by atoms with Crippen LogP contribution in [-0.4, -0.2) is 35.9 Å². The van der Waals surface area contributed by atoms with E-state index in [1.807, 2.05) is 6.92 Å². The minimum Gasteiger partial charge on any atom is -0.480 e. The molecule has 0 aromatic carbocycles. The van der Waals surface area contributed by atoms with E-state index in [2.05, 4.69) is 12.2 Å². The summed E-state index contributed by atoms with van der Waals surface area (Å²) >= 11 is 0. The van der Waals surface area contributed by atoms with Crippen LogP contribution in [0.2, 0.25) is 0 Å². The van der Waals surface area contributed by atoms with Gasteiger partial charge in [0.1, 0.15) is 5.54 Å². The Balaban J connectivity index is 2.32. The van der Waals surface area contributed by atoms with Crippen LogP contribution < -0.4 is 5.32 Å². The highest BCUT2D eigenvalue weighted by Gasteiger charge is 2.32. The first-order valence-corrected chi connectivity index (χ1v) is 7.08. The van der Waals surface area contributed by atoms with Crippen molar-refractivity contribution < 1.29 is 14.6 Å². The van der Waals surface area contributed by atoms with Crippen LogP contribution in [0.25, 0.3) is 0 Å². The van der Waals surface area contributed by atoms with Crippen LogP contribution in [0.3, 0.4) is 0 Å². The number of aliphatic carboxylic acids is 1. The van der Waals surface area contributed by atoms with Crippen molar-refractivity contribution in [1.82, 2.24) is 5.32 Å². The molecule has 0 aromatic rings. The van der Waals surface area contributed by atoms with E-state index in [9.17, 15) is 9.90 Å². The second kappa shape index (κ2) is 7.10. The smallest absolute Gasteiger partial charge is 0.323 e. The van der Waals surface area contributed by atoms with Crippen LogP contribution in [0.1, 0.15) is 52.9 Å². The van der Waals surface area contributed by atoms with Crippen LogP contribution in [0.5, 0.6) is 0 Å². The Labute approximate surface area is 110 Å². The van der Waals surface area contributed by atoms with E-state index in [1.54, 1.807) is 6.92 Å². The van der Waals surface area contributed by atoms with E-state index in [4.69, 9.17) is 4.74 Å². The highest BCUT2D eigenvalue weighted by atomic mass is 16.5. The number of carboxylic acid groups (broad SMARTS) is 1. The Bertz CT molecular complexity index is 270. The van der Waals surface area contributed by atoms with Gasteiger partial charge in [0.25, 0.3) is 0 Å². The average Bonchev–Trinajstić information content (AvgIpc) is 2.29. The summed E-state index contributed by atoms with van der Waals surface area (Å²) in [6, 6.07) is 0. The molecule has 1 aliphatic rings. The Hall–Kier alpha value is -0.610. The van der Waals surface area contributed by atoms with Crippen LogP contribution in [0.4, 0.5) is 0 Å². The molecule has 0 bridgehead atoms. The van der Waals surface area contributed by atoms with Gasteiger partial charge in [-0.15, -0.1) is 0 Å². The number of likely N-dealkylation sites (N-methyl/N-ethyl adjacent to an activating group) is 1. The molecule has 3 atom stereocenters. The fourth-order valence-corrected chi connectivity index (χ4v) is 2.62. The van der Waals surface area contributed by atoms with Gasteiger partial charge < -0.3 is 15.2 Å². The summed E-state index contributed by atoms with van der Waals surface area (Å²) < 4.78 is 5.84. The lowest BCUT2D eigenvalue weighted by Crippen LogP contribution is -2.50. The van der Waals surface area contributed by atoms with Crippen molar-refractivity contribution in [2.75, 3.05) is 13.2 Å². The molecule has 1 aliphatic carbocycles. The molecule has 0 radical (unpaired) electrons. The zero-order valence-electron chi connectivity index (χ0n) is 11.9. The fourth-order valence-electron chi connectivity index (χ4n) is 2.62. The zero-order chi connectivity index (χ0) is 13.6. The van der Waals surface area contributed by atoms with Crippen molar-refractivity contribution in [3.63, 3.8) is 0 Å². The first-order chi connectivity index (χ1) is 8.48. The Morgan fingerprint density at radius 2 is 2.22 bits per heavy atom. The summed E-state index contributed by atoms with van der Waals surface area (Å²) in [6.07, 6.45) is 5.61. The molecule has 2 N–H and O–H groups in total. The molecule has 106 valence electrons. The van der Waals surface area contributed by atoms with Gasteiger partial charge in [0.15, 0.2) is 0 Å². The molecule has 1 rings (SSSR count). The van der Waals surface area contributed by atoms with Crippen molar-refractivity contribution in [2.24, 2.45) is 5.92 Å². The number of rotatable bonds is 7. The third-order valence-corrected chi connectivity index (χ3v) is 3.88. The van der Waals surface area contributed by atoms with Crippen molar-refractivity contribution in [3.05, 3.63) is 0 Å². The lowest BCUT2D eigenvalue weighted by atomic mass is 9.88. The minimum atomic E-state index is -0.866. The number of carboxylic acids is 1. The molecule has 0 aromatic heterocycles. The molecule has 0 heterocycles. The number of hydrogen-bond acceptors (Lipinski definition) is 3. The van der Waals surface area contributed by atoms with Crippen LogP contribution >= 0.6 is 0 Å². The third kappa shape index (κ3) is 4.58. The van der Waals surface area contributed by atoms with E-state index >= 15 is 0 Å². The summed E-state index contributed by atoms with van der Waals surface area (Å²) in [6.45, 7) is 7.09. The van der Waals surface area contributed by atoms with Gasteiger partial charge in [0.2, 0.25) is 0 Å². The van der Waals surface area contributed by atoms with E-state index in [-0.39, 0.29) is 0 Å². The second-order valence-corrected chi connectivity index (χ2v) is 5.68. The molecule has 0 aliphatic heterocycles. The summed E-state index contributed by atoms with van der Waals surface area (Å²) in [5, 5.41) is 12.2. The molecule has 18 heavy (non-hydrogen) atoms. The highest BCUT2D eigenvalue weighted by Crippen LogP contribution is 2.26. The molecule has 0 spiro atoms. The van der Waals surface area contributed by atoms with Crippen LogP contribution in [0.15, 0.2) is 0 Å². The van der Waals surface area contributed by atoms with Gasteiger partial charge in [-0.3, -0.25) is 4.79 Å². The molecular formula is C14H27NO3. The van der Waals surface area contributed by atoms with Crippen LogP contribution in [0, 0.1) is 5.92 Å². The predicted molar refractivity (Wildman–Crippen MR) is 71.7 cm³/mol. The summed E-state index contributed by atoms with van der Waals surface area (Å²) in [4.78, 5) is 11.2. The van der Waals surface area contributed by atoms with Crippen molar-refractivity contribution >= 4 is 5.97 Å². The lowest BCUT2D eigenvalue weighted by Gasteiger charge is -2.29. The first kappa shape index (κ1) is 15.4. The maximum Gasteiger partial charge on any atom is 0.323 e. The molecule has 4 nitrogen and oxygen atoms in total. The largest absolute Gasteiger partial charge is 0.480 e. The molecular weight excluding hydrogens is 230 g/mol. The molecule has 0 amide bonds. The third-order valence-electron chi connectivity index (χ3n) is 3.88. The summed E-state index contributed by atoms with van der Waals surface area (Å²) in [5.74, 6) is -0.0617. The maximum atomic E-state index is 11.2. The van der Waals surface area contributed by atoms with Crippen molar-refractivity contribution in [2.45, 2.75) is 64.5 Å². The van der Waals surface area contributed by atoms with E-state index in [0.717, 1.165) is 18.8 Å². The highest BCUT2D eigenvalue weighted by molar-refractivity contribution is 5.78. The topological polar surface area (TPSA) is 58.6 Å². The van der Waals surface area contributed by atoms with Gasteiger partial charge in [-0.1, -0.05) is 26.7 Å². The Morgan fingerprint density at radius 3 is 2.78 bits per heavy atom. The van der Waals surface area contributed by atoms with Gasteiger partial charge in [0, 0.05) is 6.61 Å². The Morgan fingerprint density at radius 1 is 1.50 bits per heavy atom. The molecule has 4 heteroatoms. The fraction of sp³-hybridized carbons (Fsp3) is 0.929. The quantitative estimate of drug-likeness (QED) is 0.735. The molecule has 0 saturated heterocycles. The Kier molecular flexibility index (Phi) is 6.09. The molecule has 3 unspecified atom stereocenters. The monoisotopic (exact) mass is 257 g/mol. The molecule has 1 fully saturated rings. The summed E-state index contributed by atoms with van der Waals surface area (Å²) in [5.41, 5.74) is -0.866. The van der Waals surface area contributed by atoms with Crippen molar-refractivity contribution in [3.8, 4) is 0 Å². The number of carbonyl (C=O) groups is 1. The van der Waals surface area contributed by atoms with Crippen LogP contribution in [-0.2, 0) is 9.53 Å². The summed E-state index contributed by atoms with van der Waals surface area (Å²) in [7, 11) is 0. The SMILES string of the molecule is CCNC(C)(CCOC1CCCC(C)C1)C(=O)O. The van der Waals surface area contributed by atoms with Crippen molar-refractivity contribution in [1.29, 1.82) is 0 Å². The number of nitrogens with one attached hydrogen (secondary N) is 1. The minimum absolute atomic E-state index is 0.327. The van der Waals surface area contributed by atoms with Gasteiger partial charge in [-0.25, -0.2) is 0 Å². The van der Waals surface area contributed by atoms with Gasteiger partial charge in [-0.2, -0.15) is 0 Å². The average molecular weight is 257 g/mol. The lowest BCUT2D eigenvalue weighted by molar-refractivity contribution is -0.145. The number of ether oxygens (including phenoxy) is 1. The van der Waals surface area contributed by atoms with E-state index < -0.39 is 11.5 Å². The second-order valence-electron chi connectivity index (χ2n) is 5.68. The van der Waals surface area contributed by atoms with E-state index in [0.29, 0.717) is 25.7 Å². The normalized spacial score (nSPS) is 27.7. The van der Waals surface area contributed by atoms with E-state index in [1.165, 1.54) is 12.8 Å².